The van der Waals surface area contributed by atoms with Gasteiger partial charge in [0.1, 0.15) is 5.75 Å². The summed E-state index contributed by atoms with van der Waals surface area (Å²) in [6.45, 7) is 8.30. The van der Waals surface area contributed by atoms with Crippen molar-refractivity contribution in [2.45, 2.75) is 33.1 Å². The number of ether oxygens (including phenoxy) is 1. The molecule has 4 heteroatoms. The molecule has 0 aliphatic carbocycles. The highest BCUT2D eigenvalue weighted by Crippen LogP contribution is 2.34. The smallest absolute Gasteiger partial charge is 0.336 e. The molecule has 3 aromatic rings. The summed E-state index contributed by atoms with van der Waals surface area (Å²) in [5.74, 6) is -0.290. The molecule has 0 atom stereocenters. The summed E-state index contributed by atoms with van der Waals surface area (Å²) in [6, 6.07) is 13.3. The van der Waals surface area contributed by atoms with Crippen molar-refractivity contribution in [3.8, 4) is 17.0 Å². The lowest BCUT2D eigenvalue weighted by Gasteiger charge is -2.20. The van der Waals surface area contributed by atoms with Gasteiger partial charge in [0.15, 0.2) is 0 Å². The number of hydrogen-bond donors (Lipinski definition) is 1. The highest BCUT2D eigenvalue weighted by Gasteiger charge is 2.19. The van der Waals surface area contributed by atoms with Crippen molar-refractivity contribution >= 4 is 16.9 Å². The summed E-state index contributed by atoms with van der Waals surface area (Å²) in [7, 11) is 1.60. The van der Waals surface area contributed by atoms with Crippen LogP contribution in [0.2, 0.25) is 0 Å². The topological polar surface area (TPSA) is 59.4 Å². The number of aromatic carboxylic acids is 1. The average Bonchev–Trinajstić information content (AvgIpc) is 2.59. The van der Waals surface area contributed by atoms with Crippen LogP contribution in [0.4, 0.5) is 0 Å². The number of carboxylic acids is 1. The summed E-state index contributed by atoms with van der Waals surface area (Å²) < 4.78 is 5.44. The van der Waals surface area contributed by atoms with Crippen LogP contribution in [0.3, 0.4) is 0 Å². The molecule has 0 fully saturated rings. The Bertz CT molecular complexity index is 1000. The van der Waals surface area contributed by atoms with Crippen molar-refractivity contribution in [3.63, 3.8) is 0 Å². The van der Waals surface area contributed by atoms with Crippen molar-refractivity contribution in [1.82, 2.24) is 4.98 Å². The molecule has 0 aliphatic heterocycles. The van der Waals surface area contributed by atoms with Crippen molar-refractivity contribution in [1.29, 1.82) is 0 Å². The largest absolute Gasteiger partial charge is 0.496 e. The zero-order chi connectivity index (χ0) is 19.1. The molecule has 1 aromatic heterocycles. The predicted molar refractivity (Wildman–Crippen MR) is 104 cm³/mol. The molecule has 3 rings (SSSR count). The Hall–Kier alpha value is -2.88. The third-order valence-electron chi connectivity index (χ3n) is 4.54. The molecule has 134 valence electrons. The first-order valence-electron chi connectivity index (χ1n) is 8.54. The van der Waals surface area contributed by atoms with Crippen molar-refractivity contribution in [2.24, 2.45) is 0 Å². The molecule has 1 N–H and O–H groups in total. The minimum Gasteiger partial charge on any atom is -0.496 e. The van der Waals surface area contributed by atoms with E-state index < -0.39 is 5.97 Å². The highest BCUT2D eigenvalue weighted by molar-refractivity contribution is 6.04. The summed E-state index contributed by atoms with van der Waals surface area (Å²) in [5.41, 5.74) is 4.37. The quantitative estimate of drug-likeness (QED) is 0.705. The first kappa shape index (κ1) is 17.9. The van der Waals surface area contributed by atoms with Crippen LogP contribution in [0.1, 0.15) is 42.3 Å². The molecule has 0 bridgehead atoms. The average molecular weight is 349 g/mol. The molecule has 0 aliphatic rings. The Balaban J connectivity index is 2.31. The monoisotopic (exact) mass is 349 g/mol. The number of aromatic nitrogens is 1. The first-order chi connectivity index (χ1) is 12.2. The lowest BCUT2D eigenvalue weighted by molar-refractivity contribution is 0.0699. The molecule has 0 spiro atoms. The van der Waals surface area contributed by atoms with Crippen molar-refractivity contribution in [3.05, 3.63) is 59.2 Å². The number of fused-ring (bicyclic) bond motifs is 1. The summed E-state index contributed by atoms with van der Waals surface area (Å²) >= 11 is 0. The lowest BCUT2D eigenvalue weighted by atomic mass is 9.86. The number of aryl methyl sites for hydroxylation is 1. The Kier molecular flexibility index (Phi) is 4.45. The van der Waals surface area contributed by atoms with Crippen LogP contribution in [-0.2, 0) is 5.41 Å². The number of methoxy groups -OCH3 is 1. The van der Waals surface area contributed by atoms with E-state index in [2.05, 4.69) is 20.8 Å². The van der Waals surface area contributed by atoms with E-state index in [0.29, 0.717) is 22.3 Å². The molecule has 2 aromatic carbocycles. The van der Waals surface area contributed by atoms with Gasteiger partial charge in [-0.3, -0.25) is 0 Å². The van der Waals surface area contributed by atoms with E-state index >= 15 is 0 Å². The Morgan fingerprint density at radius 1 is 1.08 bits per heavy atom. The van der Waals surface area contributed by atoms with Crippen LogP contribution >= 0.6 is 0 Å². The van der Waals surface area contributed by atoms with Gasteiger partial charge in [0, 0.05) is 10.9 Å². The fourth-order valence-corrected chi connectivity index (χ4v) is 3.03. The zero-order valence-electron chi connectivity index (χ0n) is 15.8. The molecule has 1 heterocycles. The van der Waals surface area contributed by atoms with E-state index in [-0.39, 0.29) is 11.0 Å². The van der Waals surface area contributed by atoms with Gasteiger partial charge in [0.2, 0.25) is 0 Å². The van der Waals surface area contributed by atoms with Crippen molar-refractivity contribution in [2.75, 3.05) is 7.11 Å². The maximum Gasteiger partial charge on any atom is 0.336 e. The molecular weight excluding hydrogens is 326 g/mol. The molecule has 26 heavy (non-hydrogen) atoms. The van der Waals surface area contributed by atoms with Gasteiger partial charge < -0.3 is 9.84 Å². The second-order valence-electron chi connectivity index (χ2n) is 7.55. The Morgan fingerprint density at radius 3 is 2.42 bits per heavy atom. The van der Waals surface area contributed by atoms with Crippen LogP contribution in [-0.4, -0.2) is 23.2 Å². The van der Waals surface area contributed by atoms with Gasteiger partial charge in [-0.2, -0.15) is 0 Å². The van der Waals surface area contributed by atoms with Gasteiger partial charge in [-0.1, -0.05) is 38.5 Å². The summed E-state index contributed by atoms with van der Waals surface area (Å²) in [5, 5.41) is 10.4. The fourth-order valence-electron chi connectivity index (χ4n) is 3.03. The number of rotatable bonds is 3. The molecule has 0 saturated carbocycles. The van der Waals surface area contributed by atoms with Crippen LogP contribution in [0, 0.1) is 6.92 Å². The number of hydrogen-bond acceptors (Lipinski definition) is 3. The Morgan fingerprint density at radius 2 is 1.81 bits per heavy atom. The van der Waals surface area contributed by atoms with Gasteiger partial charge in [-0.05, 0) is 48.2 Å². The molecule has 4 nitrogen and oxygen atoms in total. The predicted octanol–water partition coefficient (Wildman–Crippen LogP) is 5.21. The van der Waals surface area contributed by atoms with Gasteiger partial charge in [0.25, 0.3) is 0 Å². The molecule has 0 amide bonds. The summed E-state index contributed by atoms with van der Waals surface area (Å²) in [6.07, 6.45) is 0. The fraction of sp³-hybridized carbons (Fsp3) is 0.273. The van der Waals surface area contributed by atoms with Crippen molar-refractivity contribution < 1.29 is 14.6 Å². The third-order valence-corrected chi connectivity index (χ3v) is 4.54. The van der Waals surface area contributed by atoms with Gasteiger partial charge in [-0.25, -0.2) is 9.78 Å². The van der Waals surface area contributed by atoms with Crippen LogP contribution < -0.4 is 4.74 Å². The third kappa shape index (κ3) is 3.27. The van der Waals surface area contributed by atoms with E-state index in [1.54, 1.807) is 13.2 Å². The minimum absolute atomic E-state index is 0.0671. The minimum atomic E-state index is -0.962. The second-order valence-corrected chi connectivity index (χ2v) is 7.55. The van der Waals surface area contributed by atoms with Crippen LogP contribution in [0.5, 0.6) is 5.75 Å². The van der Waals surface area contributed by atoms with E-state index in [0.717, 1.165) is 16.7 Å². The van der Waals surface area contributed by atoms with Gasteiger partial charge in [-0.15, -0.1) is 0 Å². The van der Waals surface area contributed by atoms with E-state index in [9.17, 15) is 9.90 Å². The molecule has 0 unspecified atom stereocenters. The number of benzene rings is 2. The normalized spacial score (nSPS) is 11.6. The SMILES string of the molecule is COc1ccc(C)cc1-c1cc(C(=O)O)c2cc(C(C)(C)C)ccc2n1. The standard InChI is InChI=1S/C22H23NO3/c1-13-6-9-20(26-5)17(10-13)19-12-16(21(24)25)15-11-14(22(2,3)4)7-8-18(15)23-19/h6-12H,1-5H3,(H,24,25). The number of pyridine rings is 1. The van der Waals surface area contributed by atoms with Crippen LogP contribution in [0.25, 0.3) is 22.2 Å². The lowest BCUT2D eigenvalue weighted by Crippen LogP contribution is -2.11. The van der Waals surface area contributed by atoms with E-state index in [4.69, 9.17) is 9.72 Å². The summed E-state index contributed by atoms with van der Waals surface area (Å²) in [4.78, 5) is 16.6. The van der Waals surface area contributed by atoms with E-state index in [1.807, 2.05) is 43.3 Å². The maximum absolute atomic E-state index is 11.9. The van der Waals surface area contributed by atoms with Crippen LogP contribution in [0.15, 0.2) is 42.5 Å². The highest BCUT2D eigenvalue weighted by atomic mass is 16.5. The van der Waals surface area contributed by atoms with Gasteiger partial charge >= 0.3 is 5.97 Å². The van der Waals surface area contributed by atoms with Gasteiger partial charge in [0.05, 0.1) is 23.9 Å². The first-order valence-corrected chi connectivity index (χ1v) is 8.54. The number of carboxylic acid groups (broad SMARTS) is 1. The molecular formula is C22H23NO3. The number of nitrogens with zero attached hydrogens (tertiary/aromatic N) is 1. The maximum atomic E-state index is 11.9. The molecule has 0 saturated heterocycles. The Labute approximate surface area is 153 Å². The zero-order valence-corrected chi connectivity index (χ0v) is 15.8. The van der Waals surface area contributed by atoms with E-state index in [1.165, 1.54) is 0 Å². The molecule has 0 radical (unpaired) electrons. The second kappa shape index (κ2) is 6.45. The number of carbonyl (C=O) groups is 1.